The third kappa shape index (κ3) is 2.30. The lowest BCUT2D eigenvalue weighted by Crippen LogP contribution is -2.62. The summed E-state index contributed by atoms with van der Waals surface area (Å²) in [5, 5.41) is 8.83. The van der Waals surface area contributed by atoms with Crippen molar-refractivity contribution in [2.24, 2.45) is 11.3 Å². The maximum atomic E-state index is 12.2. The molecule has 0 aromatic carbocycles. The van der Waals surface area contributed by atoms with E-state index in [9.17, 15) is 22.8 Å². The van der Waals surface area contributed by atoms with Crippen LogP contribution in [-0.2, 0) is 9.59 Å². The van der Waals surface area contributed by atoms with Gasteiger partial charge in [0.15, 0.2) is 0 Å². The van der Waals surface area contributed by atoms with E-state index in [-0.39, 0.29) is 24.4 Å². The van der Waals surface area contributed by atoms with Crippen molar-refractivity contribution in [2.75, 3.05) is 13.1 Å². The van der Waals surface area contributed by atoms with E-state index in [1.54, 1.807) is 0 Å². The van der Waals surface area contributed by atoms with Gasteiger partial charge in [-0.25, -0.2) is 0 Å². The van der Waals surface area contributed by atoms with Gasteiger partial charge in [0.25, 0.3) is 0 Å². The zero-order valence-electron chi connectivity index (χ0n) is 9.66. The summed E-state index contributed by atoms with van der Waals surface area (Å²) in [6.07, 6.45) is -2.65. The summed E-state index contributed by atoms with van der Waals surface area (Å²) < 4.78 is 36.5. The van der Waals surface area contributed by atoms with Crippen LogP contribution in [-0.4, -0.2) is 41.1 Å². The van der Waals surface area contributed by atoms with Crippen LogP contribution in [0.2, 0.25) is 0 Å². The monoisotopic (exact) mass is 265 g/mol. The standard InChI is InChI=1S/C11H14F3NO3/c12-11(13,14)9(18)15-5-10(6-15)3-1-7(2-4-10)8(16)17/h7H,1-6H2,(H,16,17). The number of carboxylic acids is 1. The van der Waals surface area contributed by atoms with Crippen LogP contribution >= 0.6 is 0 Å². The van der Waals surface area contributed by atoms with Gasteiger partial charge in [-0.2, -0.15) is 13.2 Å². The molecule has 0 bridgehead atoms. The molecule has 1 N–H and O–H groups in total. The predicted molar refractivity (Wildman–Crippen MR) is 54.7 cm³/mol. The summed E-state index contributed by atoms with van der Waals surface area (Å²) in [5.41, 5.74) is -0.271. The number of alkyl halides is 3. The molecule has 7 heteroatoms. The molecule has 0 aromatic heterocycles. The lowest BCUT2D eigenvalue weighted by atomic mass is 9.66. The molecule has 1 amide bonds. The fourth-order valence-corrected chi connectivity index (χ4v) is 2.88. The zero-order chi connectivity index (χ0) is 13.6. The first-order valence-corrected chi connectivity index (χ1v) is 5.82. The third-order valence-corrected chi connectivity index (χ3v) is 3.98. The smallest absolute Gasteiger partial charge is 0.471 e. The quantitative estimate of drug-likeness (QED) is 0.784. The van der Waals surface area contributed by atoms with Crippen molar-refractivity contribution in [3.63, 3.8) is 0 Å². The number of halogens is 3. The number of hydrogen-bond acceptors (Lipinski definition) is 2. The van der Waals surface area contributed by atoms with Crippen molar-refractivity contribution < 1.29 is 27.9 Å². The van der Waals surface area contributed by atoms with E-state index >= 15 is 0 Å². The number of likely N-dealkylation sites (tertiary alicyclic amines) is 1. The lowest BCUT2D eigenvalue weighted by Gasteiger charge is -2.53. The maximum absolute atomic E-state index is 12.2. The normalized spacial score (nSPS) is 23.8. The van der Waals surface area contributed by atoms with Crippen LogP contribution in [0.15, 0.2) is 0 Å². The van der Waals surface area contributed by atoms with Crippen LogP contribution in [0.25, 0.3) is 0 Å². The van der Waals surface area contributed by atoms with E-state index in [2.05, 4.69) is 0 Å². The second-order valence-electron chi connectivity index (χ2n) is 5.27. The molecule has 1 saturated carbocycles. The van der Waals surface area contributed by atoms with Crippen molar-refractivity contribution in [3.05, 3.63) is 0 Å². The molecule has 18 heavy (non-hydrogen) atoms. The van der Waals surface area contributed by atoms with Gasteiger partial charge < -0.3 is 10.0 Å². The number of rotatable bonds is 1. The van der Waals surface area contributed by atoms with Crippen molar-refractivity contribution in [1.82, 2.24) is 4.90 Å². The molecule has 2 aliphatic rings. The average molecular weight is 265 g/mol. The highest BCUT2D eigenvalue weighted by molar-refractivity contribution is 5.82. The van der Waals surface area contributed by atoms with Crippen molar-refractivity contribution in [3.8, 4) is 0 Å². The maximum Gasteiger partial charge on any atom is 0.471 e. The predicted octanol–water partition coefficient (Wildman–Crippen LogP) is 1.65. The van der Waals surface area contributed by atoms with E-state index in [4.69, 9.17) is 5.11 Å². The minimum absolute atomic E-state index is 0.109. The highest BCUT2D eigenvalue weighted by Gasteiger charge is 2.53. The SMILES string of the molecule is O=C(O)C1CCC2(CC1)CN(C(=O)C(F)(F)F)C2. The van der Waals surface area contributed by atoms with Gasteiger partial charge in [0.05, 0.1) is 5.92 Å². The molecule has 1 aliphatic heterocycles. The van der Waals surface area contributed by atoms with Gasteiger partial charge in [-0.15, -0.1) is 0 Å². The third-order valence-electron chi connectivity index (χ3n) is 3.98. The Kier molecular flexibility index (Phi) is 3.03. The Morgan fingerprint density at radius 3 is 2.06 bits per heavy atom. The summed E-state index contributed by atoms with van der Waals surface area (Å²) in [7, 11) is 0. The fourth-order valence-electron chi connectivity index (χ4n) is 2.88. The molecular weight excluding hydrogens is 251 g/mol. The number of carbonyl (C=O) groups excluding carboxylic acids is 1. The van der Waals surface area contributed by atoms with Gasteiger partial charge in [-0.3, -0.25) is 9.59 Å². The number of nitrogens with zero attached hydrogens (tertiary/aromatic N) is 1. The Bertz CT molecular complexity index is 364. The largest absolute Gasteiger partial charge is 0.481 e. The summed E-state index contributed by atoms with van der Waals surface area (Å²) >= 11 is 0. The highest BCUT2D eigenvalue weighted by Crippen LogP contribution is 2.46. The molecule has 0 unspecified atom stereocenters. The lowest BCUT2D eigenvalue weighted by molar-refractivity contribution is -0.198. The Labute approximate surface area is 102 Å². The van der Waals surface area contributed by atoms with Gasteiger partial charge in [0.1, 0.15) is 0 Å². The molecule has 1 aliphatic carbocycles. The molecule has 0 aromatic rings. The fraction of sp³-hybridized carbons (Fsp3) is 0.818. The van der Waals surface area contributed by atoms with Crippen LogP contribution in [0.1, 0.15) is 25.7 Å². The Morgan fingerprint density at radius 1 is 1.17 bits per heavy atom. The molecule has 4 nitrogen and oxygen atoms in total. The number of carbonyl (C=O) groups is 2. The van der Waals surface area contributed by atoms with Gasteiger partial charge in [0.2, 0.25) is 0 Å². The average Bonchev–Trinajstić information content (AvgIpc) is 2.23. The molecule has 0 atom stereocenters. The molecular formula is C11H14F3NO3. The van der Waals surface area contributed by atoms with Gasteiger partial charge in [0, 0.05) is 18.5 Å². The summed E-state index contributed by atoms with van der Waals surface area (Å²) in [4.78, 5) is 22.5. The van der Waals surface area contributed by atoms with Crippen molar-refractivity contribution >= 4 is 11.9 Å². The topological polar surface area (TPSA) is 57.6 Å². The van der Waals surface area contributed by atoms with Crippen LogP contribution in [0.4, 0.5) is 13.2 Å². The van der Waals surface area contributed by atoms with Crippen LogP contribution in [0, 0.1) is 11.3 Å². The van der Waals surface area contributed by atoms with Gasteiger partial charge in [-0.1, -0.05) is 0 Å². The first-order valence-electron chi connectivity index (χ1n) is 5.82. The highest BCUT2D eigenvalue weighted by atomic mass is 19.4. The van der Waals surface area contributed by atoms with E-state index in [1.165, 1.54) is 0 Å². The molecule has 102 valence electrons. The van der Waals surface area contributed by atoms with Crippen LogP contribution < -0.4 is 0 Å². The van der Waals surface area contributed by atoms with Crippen molar-refractivity contribution in [2.45, 2.75) is 31.9 Å². The molecule has 1 heterocycles. The molecule has 2 fully saturated rings. The zero-order valence-corrected chi connectivity index (χ0v) is 9.66. The van der Waals surface area contributed by atoms with Crippen molar-refractivity contribution in [1.29, 1.82) is 0 Å². The van der Waals surface area contributed by atoms with Gasteiger partial charge >= 0.3 is 18.1 Å². The van der Waals surface area contributed by atoms with E-state index in [0.717, 1.165) is 4.90 Å². The molecule has 2 rings (SSSR count). The number of amides is 1. The first kappa shape index (κ1) is 13.2. The number of hydrogen-bond donors (Lipinski definition) is 1. The minimum atomic E-state index is -4.81. The Hall–Kier alpha value is -1.27. The Morgan fingerprint density at radius 2 is 1.67 bits per heavy atom. The van der Waals surface area contributed by atoms with Crippen LogP contribution in [0.5, 0.6) is 0 Å². The second kappa shape index (κ2) is 4.13. The van der Waals surface area contributed by atoms with E-state index < -0.39 is 18.1 Å². The first-order chi connectivity index (χ1) is 8.23. The minimum Gasteiger partial charge on any atom is -0.481 e. The van der Waals surface area contributed by atoms with Gasteiger partial charge in [-0.05, 0) is 25.7 Å². The van der Waals surface area contributed by atoms with E-state index in [1.807, 2.05) is 0 Å². The van der Waals surface area contributed by atoms with Crippen LogP contribution in [0.3, 0.4) is 0 Å². The number of carboxylic acid groups (broad SMARTS) is 1. The molecule has 1 spiro atoms. The second-order valence-corrected chi connectivity index (χ2v) is 5.27. The number of aliphatic carboxylic acids is 1. The van der Waals surface area contributed by atoms with E-state index in [0.29, 0.717) is 25.7 Å². The summed E-state index contributed by atoms with van der Waals surface area (Å²) in [5.74, 6) is -3.01. The molecule has 1 saturated heterocycles. The summed E-state index contributed by atoms with van der Waals surface area (Å²) in [6, 6.07) is 0. The Balaban J connectivity index is 1.86. The summed E-state index contributed by atoms with van der Waals surface area (Å²) in [6.45, 7) is 0.218. The molecule has 0 radical (unpaired) electrons.